The molecular weight excluding hydrogens is 493 g/mol. The van der Waals surface area contributed by atoms with Gasteiger partial charge >= 0.3 is 0 Å². The van der Waals surface area contributed by atoms with Gasteiger partial charge in [-0.15, -0.1) is 24.0 Å². The monoisotopic (exact) mass is 519 g/mol. The summed E-state index contributed by atoms with van der Waals surface area (Å²) in [4.78, 5) is 19.8. The third-order valence-corrected chi connectivity index (χ3v) is 4.21. The van der Waals surface area contributed by atoms with Gasteiger partial charge in [0.1, 0.15) is 6.26 Å². The number of nitrogens with zero attached hydrogens (tertiary/aromatic N) is 2. The van der Waals surface area contributed by atoms with Gasteiger partial charge in [0.2, 0.25) is 11.8 Å². The van der Waals surface area contributed by atoms with E-state index in [2.05, 4.69) is 25.9 Å². The normalized spacial score (nSPS) is 10.8. The fourth-order valence-electron chi connectivity index (χ4n) is 2.78. The zero-order valence-electron chi connectivity index (χ0n) is 17.0. The number of rotatable bonds is 7. The predicted octanol–water partition coefficient (Wildman–Crippen LogP) is 3.83. The van der Waals surface area contributed by atoms with Crippen LogP contribution in [-0.2, 0) is 17.8 Å². The van der Waals surface area contributed by atoms with Crippen LogP contribution in [0.3, 0.4) is 0 Å². The van der Waals surface area contributed by atoms with Crippen LogP contribution in [0.4, 0.5) is 5.69 Å². The number of aliphatic imine (C=N–C) groups is 1. The molecule has 0 saturated heterocycles. The van der Waals surface area contributed by atoms with E-state index in [1.165, 1.54) is 12.5 Å². The highest BCUT2D eigenvalue weighted by Crippen LogP contribution is 2.17. The first-order valence-electron chi connectivity index (χ1n) is 9.45. The molecule has 7 nitrogen and oxygen atoms in total. The average molecular weight is 519 g/mol. The Morgan fingerprint density at radius 3 is 2.47 bits per heavy atom. The van der Waals surface area contributed by atoms with Gasteiger partial charge in [0.05, 0.1) is 12.2 Å². The van der Waals surface area contributed by atoms with Crippen LogP contribution in [0.15, 0.2) is 70.3 Å². The second kappa shape index (κ2) is 12.0. The van der Waals surface area contributed by atoms with E-state index in [1.54, 1.807) is 13.3 Å². The van der Waals surface area contributed by atoms with Crippen LogP contribution in [0.2, 0.25) is 0 Å². The maximum Gasteiger partial charge on any atom is 0.226 e. The number of hydrogen-bond donors (Lipinski definition) is 3. The quantitative estimate of drug-likeness (QED) is 0.251. The molecule has 0 unspecified atom stereocenters. The number of aromatic nitrogens is 1. The van der Waals surface area contributed by atoms with Crippen molar-refractivity contribution in [3.05, 3.63) is 72.1 Å². The Morgan fingerprint density at radius 1 is 1.07 bits per heavy atom. The molecule has 0 atom stereocenters. The van der Waals surface area contributed by atoms with E-state index in [-0.39, 0.29) is 29.9 Å². The fourth-order valence-corrected chi connectivity index (χ4v) is 2.78. The molecule has 0 aliphatic carbocycles. The third kappa shape index (κ3) is 7.18. The molecule has 0 aliphatic rings. The summed E-state index contributed by atoms with van der Waals surface area (Å²) in [6.07, 6.45) is 2.49. The molecule has 2 aromatic carbocycles. The van der Waals surface area contributed by atoms with Crippen molar-refractivity contribution in [3.63, 3.8) is 0 Å². The molecule has 0 aliphatic heterocycles. The summed E-state index contributed by atoms with van der Waals surface area (Å²) in [6.45, 7) is 2.74. The van der Waals surface area contributed by atoms with Crippen LogP contribution in [-0.4, -0.2) is 30.4 Å². The van der Waals surface area contributed by atoms with E-state index in [0.29, 0.717) is 18.4 Å². The number of hydrogen-bond acceptors (Lipinski definition) is 4. The largest absolute Gasteiger partial charge is 0.444 e. The maximum absolute atomic E-state index is 11.1. The average Bonchev–Trinajstić information content (AvgIpc) is 3.21. The molecule has 30 heavy (non-hydrogen) atoms. The lowest BCUT2D eigenvalue weighted by Crippen LogP contribution is -2.37. The van der Waals surface area contributed by atoms with Crippen LogP contribution in [0, 0.1) is 0 Å². The Morgan fingerprint density at radius 2 is 1.80 bits per heavy atom. The Kier molecular flexibility index (Phi) is 9.33. The minimum atomic E-state index is -0.0720. The first-order valence-corrected chi connectivity index (χ1v) is 9.45. The van der Waals surface area contributed by atoms with E-state index in [1.807, 2.05) is 54.6 Å². The number of nitrogens with one attached hydrogen (secondary N) is 3. The summed E-state index contributed by atoms with van der Waals surface area (Å²) < 4.78 is 5.55. The maximum atomic E-state index is 11.1. The number of carbonyl (C=O) groups excluding carboxylic acids is 1. The fraction of sp³-hybridized carbons (Fsp3) is 0.227. The van der Waals surface area contributed by atoms with Crippen molar-refractivity contribution in [2.45, 2.75) is 19.9 Å². The lowest BCUT2D eigenvalue weighted by molar-refractivity contribution is -0.114. The summed E-state index contributed by atoms with van der Waals surface area (Å²) in [5, 5.41) is 9.28. The van der Waals surface area contributed by atoms with Crippen LogP contribution >= 0.6 is 24.0 Å². The molecular formula is C22H26IN5O2. The van der Waals surface area contributed by atoms with Crippen LogP contribution in [0.25, 0.3) is 11.5 Å². The van der Waals surface area contributed by atoms with Gasteiger partial charge in [-0.25, -0.2) is 4.98 Å². The Labute approximate surface area is 193 Å². The molecule has 0 saturated carbocycles. The Hall–Kier alpha value is -2.88. The molecule has 0 spiro atoms. The molecule has 1 aromatic heterocycles. The molecule has 0 bridgehead atoms. The first kappa shape index (κ1) is 23.4. The predicted molar refractivity (Wildman–Crippen MR) is 130 cm³/mol. The highest BCUT2D eigenvalue weighted by Gasteiger charge is 2.07. The number of anilines is 1. The van der Waals surface area contributed by atoms with E-state index in [0.717, 1.165) is 29.9 Å². The van der Waals surface area contributed by atoms with Crippen molar-refractivity contribution >= 4 is 41.5 Å². The highest BCUT2D eigenvalue weighted by atomic mass is 127. The van der Waals surface area contributed by atoms with Crippen molar-refractivity contribution in [1.29, 1.82) is 0 Å². The van der Waals surface area contributed by atoms with Crippen molar-refractivity contribution in [3.8, 4) is 11.5 Å². The minimum Gasteiger partial charge on any atom is -0.444 e. The summed E-state index contributed by atoms with van der Waals surface area (Å²) >= 11 is 0. The number of benzene rings is 2. The number of carbonyl (C=O) groups is 1. The lowest BCUT2D eigenvalue weighted by atomic mass is 10.1. The minimum absolute atomic E-state index is 0. The summed E-state index contributed by atoms with van der Waals surface area (Å²) in [5.74, 6) is 1.23. The standard InChI is InChI=1S/C22H25N5O2.HI/c1-16(28)26-19-10-8-17(9-11-19)12-13-24-22(23-2)25-14-20-15-29-21(27-20)18-6-4-3-5-7-18;/h3-11,15H,12-14H2,1-2H3,(H,26,28)(H2,23,24,25);1H. The zero-order chi connectivity index (χ0) is 20.5. The van der Waals surface area contributed by atoms with Crippen molar-refractivity contribution in [1.82, 2.24) is 15.6 Å². The molecule has 3 rings (SSSR count). The Bertz CT molecular complexity index is 955. The van der Waals surface area contributed by atoms with E-state index < -0.39 is 0 Å². The van der Waals surface area contributed by atoms with Crippen LogP contribution < -0.4 is 16.0 Å². The van der Waals surface area contributed by atoms with Crippen molar-refractivity contribution < 1.29 is 9.21 Å². The second-order valence-electron chi connectivity index (χ2n) is 6.49. The molecule has 1 heterocycles. The van der Waals surface area contributed by atoms with E-state index >= 15 is 0 Å². The SMILES string of the molecule is CN=C(NCCc1ccc(NC(C)=O)cc1)NCc1coc(-c2ccccc2)n1.I. The van der Waals surface area contributed by atoms with Gasteiger partial charge in [0, 0.05) is 31.8 Å². The summed E-state index contributed by atoms with van der Waals surface area (Å²) in [5.41, 5.74) is 3.73. The summed E-state index contributed by atoms with van der Waals surface area (Å²) in [6, 6.07) is 17.6. The highest BCUT2D eigenvalue weighted by molar-refractivity contribution is 14.0. The molecule has 158 valence electrons. The number of amides is 1. The Balaban J connectivity index is 0.00000320. The lowest BCUT2D eigenvalue weighted by Gasteiger charge is -2.11. The van der Waals surface area contributed by atoms with Gasteiger partial charge < -0.3 is 20.4 Å². The molecule has 0 radical (unpaired) electrons. The molecule has 0 fully saturated rings. The first-order chi connectivity index (χ1) is 14.1. The molecule has 8 heteroatoms. The van der Waals surface area contributed by atoms with Gasteiger partial charge in [-0.05, 0) is 36.2 Å². The molecule has 1 amide bonds. The summed E-state index contributed by atoms with van der Waals surface area (Å²) in [7, 11) is 1.73. The van der Waals surface area contributed by atoms with Crippen molar-refractivity contribution in [2.24, 2.45) is 4.99 Å². The second-order valence-corrected chi connectivity index (χ2v) is 6.49. The van der Waals surface area contributed by atoms with Gasteiger partial charge in [-0.2, -0.15) is 0 Å². The topological polar surface area (TPSA) is 91.5 Å². The van der Waals surface area contributed by atoms with Gasteiger partial charge in [0.25, 0.3) is 0 Å². The number of halogens is 1. The third-order valence-electron chi connectivity index (χ3n) is 4.21. The van der Waals surface area contributed by atoms with Crippen LogP contribution in [0.5, 0.6) is 0 Å². The molecule has 3 aromatic rings. The smallest absolute Gasteiger partial charge is 0.226 e. The van der Waals surface area contributed by atoms with Crippen molar-refractivity contribution in [2.75, 3.05) is 18.9 Å². The van der Waals surface area contributed by atoms with E-state index in [9.17, 15) is 4.79 Å². The van der Waals surface area contributed by atoms with E-state index in [4.69, 9.17) is 4.42 Å². The van der Waals surface area contributed by atoms with Crippen LogP contribution in [0.1, 0.15) is 18.2 Å². The molecule has 3 N–H and O–H groups in total. The van der Waals surface area contributed by atoms with Gasteiger partial charge in [-0.3, -0.25) is 9.79 Å². The number of oxazole rings is 1. The number of guanidine groups is 1. The van der Waals surface area contributed by atoms with Gasteiger partial charge in [0.15, 0.2) is 5.96 Å². The zero-order valence-corrected chi connectivity index (χ0v) is 19.3. The van der Waals surface area contributed by atoms with Gasteiger partial charge in [-0.1, -0.05) is 30.3 Å².